The minimum absolute atomic E-state index is 0.0321. The minimum atomic E-state index is -0.661. The summed E-state index contributed by atoms with van der Waals surface area (Å²) in [4.78, 5) is 62.3. The Hall–Kier alpha value is -4.40. The number of nitro benzene ring substituents is 1. The second-order valence-electron chi connectivity index (χ2n) is 9.74. The number of hydrogen-bond acceptors (Lipinski definition) is 10. The van der Waals surface area contributed by atoms with Crippen molar-refractivity contribution in [3.63, 3.8) is 0 Å². The van der Waals surface area contributed by atoms with Gasteiger partial charge in [0.2, 0.25) is 5.91 Å². The van der Waals surface area contributed by atoms with Gasteiger partial charge < -0.3 is 19.5 Å². The number of unbranched alkanes of at least 4 members (excludes halogenated alkanes) is 1. The van der Waals surface area contributed by atoms with E-state index in [0.29, 0.717) is 45.3 Å². The van der Waals surface area contributed by atoms with Crippen LogP contribution in [0.25, 0.3) is 6.08 Å². The molecule has 46 heavy (non-hydrogen) atoms. The van der Waals surface area contributed by atoms with E-state index in [1.165, 1.54) is 43.5 Å². The Balaban J connectivity index is 1.42. The normalized spacial score (nSPS) is 13.6. The summed E-state index contributed by atoms with van der Waals surface area (Å²) in [5.74, 6) is -1.24. The van der Waals surface area contributed by atoms with Gasteiger partial charge in [-0.2, -0.15) is 0 Å². The van der Waals surface area contributed by atoms with Crippen LogP contribution in [-0.2, 0) is 20.9 Å². The number of nitro groups is 1. The zero-order chi connectivity index (χ0) is 33.4. The Morgan fingerprint density at radius 1 is 1.11 bits per heavy atom. The van der Waals surface area contributed by atoms with Gasteiger partial charge in [0.05, 0.1) is 34.1 Å². The van der Waals surface area contributed by atoms with Crippen LogP contribution in [0.2, 0.25) is 5.02 Å². The fraction of sp³-hybridized carbons (Fsp3) is 0.226. The van der Waals surface area contributed by atoms with Gasteiger partial charge in [0, 0.05) is 22.3 Å². The molecule has 15 heteroatoms. The third-order valence-electron chi connectivity index (χ3n) is 6.49. The maximum Gasteiger partial charge on any atom is 0.339 e. The number of methoxy groups -OCH3 is 1. The highest BCUT2D eigenvalue weighted by Crippen LogP contribution is 2.38. The number of benzene rings is 3. The fourth-order valence-corrected chi connectivity index (χ4v) is 5.54. The second-order valence-corrected chi connectivity index (χ2v) is 12.0. The lowest BCUT2D eigenvalue weighted by Gasteiger charge is -2.14. The van der Waals surface area contributed by atoms with E-state index >= 15 is 0 Å². The first kappa shape index (κ1) is 34.5. The topological polar surface area (TPSA) is 154 Å². The molecule has 1 saturated heterocycles. The van der Waals surface area contributed by atoms with Gasteiger partial charge in [0.25, 0.3) is 16.8 Å². The summed E-state index contributed by atoms with van der Waals surface area (Å²) >= 11 is 10.3. The third-order valence-corrected chi connectivity index (χ3v) is 8.41. The molecule has 0 saturated carbocycles. The first-order chi connectivity index (χ1) is 22.0. The monoisotopic (exact) mass is 731 g/mol. The molecular formula is C31H27BrClN3O9S. The lowest BCUT2D eigenvalue weighted by Crippen LogP contribution is -2.36. The van der Waals surface area contributed by atoms with E-state index in [1.54, 1.807) is 24.3 Å². The second kappa shape index (κ2) is 15.7. The number of non-ortho nitro benzene ring substituents is 1. The van der Waals surface area contributed by atoms with Gasteiger partial charge in [-0.1, -0.05) is 40.9 Å². The maximum atomic E-state index is 13.1. The smallest absolute Gasteiger partial charge is 0.339 e. The average Bonchev–Trinajstić information content (AvgIpc) is 3.29. The average molecular weight is 733 g/mol. The number of carbonyl (C=O) groups excluding carboxylic acids is 4. The number of carbonyl (C=O) groups is 4. The number of nitrogens with zero attached hydrogens (tertiary/aromatic N) is 2. The van der Waals surface area contributed by atoms with Gasteiger partial charge in [0.15, 0.2) is 11.5 Å². The van der Waals surface area contributed by atoms with E-state index in [1.807, 2.05) is 6.92 Å². The number of nitrogens with one attached hydrogen (secondary N) is 1. The largest absolute Gasteiger partial charge is 0.493 e. The van der Waals surface area contributed by atoms with Crippen LogP contribution in [0, 0.1) is 10.1 Å². The number of ether oxygens (including phenoxy) is 3. The van der Waals surface area contributed by atoms with E-state index in [2.05, 4.69) is 21.2 Å². The van der Waals surface area contributed by atoms with Crippen molar-refractivity contribution in [3.8, 4) is 11.5 Å². The summed E-state index contributed by atoms with van der Waals surface area (Å²) in [6.45, 7) is 1.76. The first-order valence-electron chi connectivity index (χ1n) is 13.8. The number of halogens is 2. The number of imide groups is 1. The highest BCUT2D eigenvalue weighted by atomic mass is 79.9. The Labute approximate surface area is 281 Å². The van der Waals surface area contributed by atoms with E-state index in [0.717, 1.165) is 11.3 Å². The van der Waals surface area contributed by atoms with Crippen molar-refractivity contribution in [3.05, 3.63) is 95.8 Å². The first-order valence-corrected chi connectivity index (χ1v) is 15.7. The summed E-state index contributed by atoms with van der Waals surface area (Å²) in [6.07, 6.45) is 3.04. The van der Waals surface area contributed by atoms with Gasteiger partial charge in [-0.05, 0) is 77.9 Å². The third kappa shape index (κ3) is 8.65. The summed E-state index contributed by atoms with van der Waals surface area (Å²) in [7, 11) is 1.44. The van der Waals surface area contributed by atoms with Crippen molar-refractivity contribution >= 4 is 79.8 Å². The summed E-state index contributed by atoms with van der Waals surface area (Å²) in [5.41, 5.74) is 1.50. The van der Waals surface area contributed by atoms with Gasteiger partial charge in [-0.25, -0.2) is 4.79 Å². The number of amides is 3. The SMILES string of the molecule is CCCCOC(=O)c1cc(NC(=O)CN2C(=O)S/C(=C/c3cc(OC)c(OCc4ccc([N+](=O)[O-])cc4)cc3Br)C2=O)ccc1Cl. The molecule has 240 valence electrons. The summed E-state index contributed by atoms with van der Waals surface area (Å²) in [6, 6.07) is 13.5. The van der Waals surface area contributed by atoms with Gasteiger partial charge in [-0.3, -0.25) is 29.4 Å². The Morgan fingerprint density at radius 2 is 1.85 bits per heavy atom. The lowest BCUT2D eigenvalue weighted by atomic mass is 10.1. The van der Waals surface area contributed by atoms with Crippen molar-refractivity contribution in [2.75, 3.05) is 25.6 Å². The highest BCUT2D eigenvalue weighted by Gasteiger charge is 2.36. The Bertz CT molecular complexity index is 1720. The molecule has 4 rings (SSSR count). The van der Waals surface area contributed by atoms with Crippen molar-refractivity contribution < 1.29 is 38.3 Å². The van der Waals surface area contributed by atoms with Crippen LogP contribution in [0.4, 0.5) is 16.2 Å². The van der Waals surface area contributed by atoms with Gasteiger partial charge >= 0.3 is 5.97 Å². The lowest BCUT2D eigenvalue weighted by molar-refractivity contribution is -0.384. The molecule has 1 N–H and O–H groups in total. The number of hydrogen-bond donors (Lipinski definition) is 1. The molecule has 1 fully saturated rings. The predicted molar refractivity (Wildman–Crippen MR) is 176 cm³/mol. The molecule has 0 spiro atoms. The van der Waals surface area contributed by atoms with Crippen LogP contribution in [0.5, 0.6) is 11.5 Å². The van der Waals surface area contributed by atoms with E-state index in [4.69, 9.17) is 25.8 Å². The van der Waals surface area contributed by atoms with E-state index < -0.39 is 34.5 Å². The molecule has 0 atom stereocenters. The Morgan fingerprint density at radius 3 is 2.52 bits per heavy atom. The number of esters is 1. The molecule has 3 aromatic carbocycles. The van der Waals surface area contributed by atoms with Gasteiger partial charge in [0.1, 0.15) is 13.2 Å². The zero-order valence-electron chi connectivity index (χ0n) is 24.5. The molecule has 0 aliphatic carbocycles. The fourth-order valence-electron chi connectivity index (χ4n) is 4.08. The van der Waals surface area contributed by atoms with E-state index in [9.17, 15) is 29.3 Å². The Kier molecular flexibility index (Phi) is 11.8. The molecule has 3 aromatic rings. The van der Waals surface area contributed by atoms with Crippen LogP contribution in [0.15, 0.2) is 64.0 Å². The predicted octanol–water partition coefficient (Wildman–Crippen LogP) is 7.23. The van der Waals surface area contributed by atoms with Crippen molar-refractivity contribution in [1.29, 1.82) is 0 Å². The number of anilines is 1. The molecule has 0 radical (unpaired) electrons. The maximum absolute atomic E-state index is 13.1. The molecule has 12 nitrogen and oxygen atoms in total. The van der Waals surface area contributed by atoms with Gasteiger partial charge in [-0.15, -0.1) is 0 Å². The summed E-state index contributed by atoms with van der Waals surface area (Å²) < 4.78 is 17.0. The highest BCUT2D eigenvalue weighted by molar-refractivity contribution is 9.10. The quantitative estimate of drug-likeness (QED) is 0.0626. The van der Waals surface area contributed by atoms with Crippen LogP contribution in [0.1, 0.15) is 41.3 Å². The van der Waals surface area contributed by atoms with Crippen LogP contribution in [0.3, 0.4) is 0 Å². The number of rotatable bonds is 13. The van der Waals surface area contributed by atoms with Crippen molar-refractivity contribution in [2.24, 2.45) is 0 Å². The molecule has 1 heterocycles. The minimum Gasteiger partial charge on any atom is -0.493 e. The van der Waals surface area contributed by atoms with Crippen LogP contribution < -0.4 is 14.8 Å². The molecule has 0 aromatic heterocycles. The van der Waals surface area contributed by atoms with Crippen molar-refractivity contribution in [2.45, 2.75) is 26.4 Å². The summed E-state index contributed by atoms with van der Waals surface area (Å²) in [5, 5.41) is 13.0. The molecule has 1 aliphatic rings. The molecule has 0 unspecified atom stereocenters. The van der Waals surface area contributed by atoms with E-state index in [-0.39, 0.29) is 40.1 Å². The number of thioether (sulfide) groups is 1. The molecular weight excluding hydrogens is 706 g/mol. The standard InChI is InChI=1S/C31H27BrClN3O9S/c1-3-4-11-44-30(39)22-14-20(7-10-24(22)33)34-28(37)16-35-29(38)27(46-31(35)40)13-19-12-25(43-2)26(15-23(19)32)45-17-18-5-8-21(9-6-18)36(41)42/h5-10,12-15H,3-4,11,16-17H2,1-2H3,(H,34,37)/b27-13+. The zero-order valence-corrected chi connectivity index (χ0v) is 27.7. The van der Waals surface area contributed by atoms with Crippen LogP contribution in [-0.4, -0.2) is 53.1 Å². The molecule has 3 amide bonds. The molecule has 0 bridgehead atoms. The van der Waals surface area contributed by atoms with Crippen LogP contribution >= 0.6 is 39.3 Å². The van der Waals surface area contributed by atoms with Crippen molar-refractivity contribution in [1.82, 2.24) is 4.90 Å². The molecule has 1 aliphatic heterocycles.